The van der Waals surface area contributed by atoms with Crippen molar-refractivity contribution in [2.24, 2.45) is 4.99 Å². The zero-order valence-electron chi connectivity index (χ0n) is 11.6. The van der Waals surface area contributed by atoms with Gasteiger partial charge in [-0.3, -0.25) is 4.99 Å². The van der Waals surface area contributed by atoms with Crippen LogP contribution in [0.3, 0.4) is 0 Å². The Balaban J connectivity index is 1.91. The number of hydrogen-bond donors (Lipinski definition) is 2. The van der Waals surface area contributed by atoms with Gasteiger partial charge < -0.3 is 10.1 Å². The molecule has 1 heterocycles. The van der Waals surface area contributed by atoms with Crippen LogP contribution in [0.15, 0.2) is 47.5 Å². The minimum Gasteiger partial charge on any atom is -0.494 e. The standard InChI is InChI=1S/C17H15FN2O/c1-11-4-2-3-5-12(11)9-19-10-15-14-8-13(18)6-7-16(14)20-17(15)21/h2-8,10,20-21H,9H2,1H3. The molecule has 0 saturated carbocycles. The maximum Gasteiger partial charge on any atom is 0.198 e. The highest BCUT2D eigenvalue weighted by Gasteiger charge is 2.09. The molecule has 0 spiro atoms. The Morgan fingerprint density at radius 2 is 2.05 bits per heavy atom. The summed E-state index contributed by atoms with van der Waals surface area (Å²) >= 11 is 0. The van der Waals surface area contributed by atoms with Gasteiger partial charge in [-0.25, -0.2) is 4.39 Å². The molecule has 0 unspecified atom stereocenters. The molecule has 0 bridgehead atoms. The number of aromatic amines is 1. The maximum atomic E-state index is 13.3. The van der Waals surface area contributed by atoms with Gasteiger partial charge in [0.25, 0.3) is 0 Å². The lowest BCUT2D eigenvalue weighted by molar-refractivity contribution is 0.457. The summed E-state index contributed by atoms with van der Waals surface area (Å²) in [6.45, 7) is 2.55. The molecule has 0 amide bonds. The number of H-pyrrole nitrogens is 1. The van der Waals surface area contributed by atoms with E-state index < -0.39 is 0 Å². The fourth-order valence-electron chi connectivity index (χ4n) is 2.32. The molecule has 3 aromatic rings. The van der Waals surface area contributed by atoms with Crippen molar-refractivity contribution in [3.8, 4) is 5.88 Å². The predicted molar refractivity (Wildman–Crippen MR) is 82.4 cm³/mol. The van der Waals surface area contributed by atoms with E-state index in [2.05, 4.69) is 9.98 Å². The first-order valence-corrected chi connectivity index (χ1v) is 6.69. The van der Waals surface area contributed by atoms with E-state index in [4.69, 9.17) is 0 Å². The molecule has 0 fully saturated rings. The highest BCUT2D eigenvalue weighted by molar-refractivity contribution is 6.01. The number of nitrogens with one attached hydrogen (secondary N) is 1. The number of hydrogen-bond acceptors (Lipinski definition) is 2. The zero-order chi connectivity index (χ0) is 14.8. The SMILES string of the molecule is Cc1ccccc1CN=Cc1c(O)[nH]c2ccc(F)cc12. The molecule has 3 nitrogen and oxygen atoms in total. The highest BCUT2D eigenvalue weighted by atomic mass is 19.1. The zero-order valence-corrected chi connectivity index (χ0v) is 11.6. The van der Waals surface area contributed by atoms with Gasteiger partial charge in [0.05, 0.1) is 12.1 Å². The van der Waals surface area contributed by atoms with Gasteiger partial charge in [-0.15, -0.1) is 0 Å². The number of aromatic hydroxyl groups is 1. The molecular formula is C17H15FN2O. The number of benzene rings is 2. The second kappa shape index (κ2) is 5.40. The average molecular weight is 282 g/mol. The normalized spacial score (nSPS) is 11.5. The molecule has 3 rings (SSSR count). The van der Waals surface area contributed by atoms with Crippen molar-refractivity contribution in [1.82, 2.24) is 4.98 Å². The van der Waals surface area contributed by atoms with Crippen LogP contribution in [0.5, 0.6) is 5.88 Å². The van der Waals surface area contributed by atoms with E-state index in [0.717, 1.165) is 5.56 Å². The Morgan fingerprint density at radius 3 is 2.86 bits per heavy atom. The molecule has 2 N–H and O–H groups in total. The Morgan fingerprint density at radius 1 is 1.24 bits per heavy atom. The van der Waals surface area contributed by atoms with Crippen LogP contribution in [0.4, 0.5) is 4.39 Å². The first-order valence-electron chi connectivity index (χ1n) is 6.69. The van der Waals surface area contributed by atoms with Crippen molar-refractivity contribution in [1.29, 1.82) is 0 Å². The second-order valence-electron chi connectivity index (χ2n) is 4.97. The number of aryl methyl sites for hydroxylation is 1. The molecule has 0 saturated heterocycles. The number of halogens is 1. The molecule has 1 aromatic heterocycles. The van der Waals surface area contributed by atoms with E-state index in [1.807, 2.05) is 31.2 Å². The van der Waals surface area contributed by atoms with E-state index in [9.17, 15) is 9.50 Å². The summed E-state index contributed by atoms with van der Waals surface area (Å²) < 4.78 is 13.3. The number of rotatable bonds is 3. The van der Waals surface area contributed by atoms with Gasteiger partial charge in [-0.2, -0.15) is 0 Å². The topological polar surface area (TPSA) is 48.4 Å². The first-order chi connectivity index (χ1) is 10.1. The molecule has 106 valence electrons. The van der Waals surface area contributed by atoms with Crippen LogP contribution in [-0.4, -0.2) is 16.3 Å². The summed E-state index contributed by atoms with van der Waals surface area (Å²) in [7, 11) is 0. The van der Waals surface area contributed by atoms with Crippen LogP contribution in [-0.2, 0) is 6.54 Å². The van der Waals surface area contributed by atoms with Crippen LogP contribution in [0.1, 0.15) is 16.7 Å². The van der Waals surface area contributed by atoms with Crippen molar-refractivity contribution in [3.05, 3.63) is 65.0 Å². The third kappa shape index (κ3) is 2.65. The molecule has 0 atom stereocenters. The number of fused-ring (bicyclic) bond motifs is 1. The summed E-state index contributed by atoms with van der Waals surface area (Å²) in [5.74, 6) is -0.334. The fourth-order valence-corrected chi connectivity index (χ4v) is 2.32. The molecular weight excluding hydrogens is 267 g/mol. The molecule has 0 radical (unpaired) electrons. The Kier molecular flexibility index (Phi) is 3.44. The van der Waals surface area contributed by atoms with E-state index in [1.54, 1.807) is 12.3 Å². The van der Waals surface area contributed by atoms with E-state index in [-0.39, 0.29) is 11.7 Å². The highest BCUT2D eigenvalue weighted by Crippen LogP contribution is 2.26. The Labute approximate surface area is 121 Å². The third-order valence-electron chi connectivity index (χ3n) is 3.52. The summed E-state index contributed by atoms with van der Waals surface area (Å²) in [5.41, 5.74) is 3.49. The molecule has 0 aliphatic rings. The van der Waals surface area contributed by atoms with Gasteiger partial charge >= 0.3 is 0 Å². The van der Waals surface area contributed by atoms with Crippen molar-refractivity contribution in [3.63, 3.8) is 0 Å². The number of nitrogens with zero attached hydrogens (tertiary/aromatic N) is 1. The van der Waals surface area contributed by atoms with Gasteiger partial charge in [0.15, 0.2) is 5.88 Å². The minimum atomic E-state index is -0.338. The molecule has 21 heavy (non-hydrogen) atoms. The fraction of sp³-hybridized carbons (Fsp3) is 0.118. The second-order valence-corrected chi connectivity index (χ2v) is 4.97. The third-order valence-corrected chi connectivity index (χ3v) is 3.52. The lowest BCUT2D eigenvalue weighted by Crippen LogP contribution is -1.88. The molecule has 4 heteroatoms. The summed E-state index contributed by atoms with van der Waals surface area (Å²) in [5, 5.41) is 10.5. The number of aromatic nitrogens is 1. The van der Waals surface area contributed by atoms with Crippen LogP contribution >= 0.6 is 0 Å². The summed E-state index contributed by atoms with van der Waals surface area (Å²) in [6.07, 6.45) is 1.58. The van der Waals surface area contributed by atoms with Crippen LogP contribution < -0.4 is 0 Å². The van der Waals surface area contributed by atoms with Gasteiger partial charge in [0.1, 0.15) is 5.82 Å². The van der Waals surface area contributed by atoms with Crippen LogP contribution in [0, 0.1) is 12.7 Å². The average Bonchev–Trinajstić information content (AvgIpc) is 2.77. The van der Waals surface area contributed by atoms with E-state index in [1.165, 1.54) is 17.7 Å². The van der Waals surface area contributed by atoms with Gasteiger partial charge in [0.2, 0.25) is 0 Å². The molecule has 2 aromatic carbocycles. The van der Waals surface area contributed by atoms with E-state index in [0.29, 0.717) is 23.0 Å². The van der Waals surface area contributed by atoms with Crippen molar-refractivity contribution < 1.29 is 9.50 Å². The lowest BCUT2D eigenvalue weighted by atomic mass is 10.1. The monoisotopic (exact) mass is 282 g/mol. The van der Waals surface area contributed by atoms with Gasteiger partial charge in [0, 0.05) is 17.1 Å². The van der Waals surface area contributed by atoms with Crippen LogP contribution in [0.2, 0.25) is 0 Å². The lowest BCUT2D eigenvalue weighted by Gasteiger charge is -2.00. The van der Waals surface area contributed by atoms with Gasteiger partial charge in [-0.05, 0) is 36.2 Å². The number of aliphatic imine (C=N–C) groups is 1. The predicted octanol–water partition coefficient (Wildman–Crippen LogP) is 3.94. The van der Waals surface area contributed by atoms with Crippen molar-refractivity contribution in [2.75, 3.05) is 0 Å². The largest absolute Gasteiger partial charge is 0.494 e. The Hall–Kier alpha value is -2.62. The summed E-state index contributed by atoms with van der Waals surface area (Å²) in [4.78, 5) is 7.17. The van der Waals surface area contributed by atoms with Crippen molar-refractivity contribution in [2.45, 2.75) is 13.5 Å². The quantitative estimate of drug-likeness (QED) is 0.702. The smallest absolute Gasteiger partial charge is 0.198 e. The van der Waals surface area contributed by atoms with Crippen LogP contribution in [0.25, 0.3) is 10.9 Å². The molecule has 0 aliphatic heterocycles. The van der Waals surface area contributed by atoms with Crippen molar-refractivity contribution >= 4 is 17.1 Å². The molecule has 0 aliphatic carbocycles. The minimum absolute atomic E-state index is 0.00383. The maximum absolute atomic E-state index is 13.3. The summed E-state index contributed by atoms with van der Waals surface area (Å²) in [6, 6.07) is 12.3. The Bertz CT molecular complexity index is 821. The first kappa shape index (κ1) is 13.4. The van der Waals surface area contributed by atoms with E-state index >= 15 is 0 Å². The van der Waals surface area contributed by atoms with Gasteiger partial charge in [-0.1, -0.05) is 24.3 Å².